The predicted molar refractivity (Wildman–Crippen MR) is 128 cm³/mol. The van der Waals surface area contributed by atoms with Gasteiger partial charge in [0.1, 0.15) is 0 Å². The first kappa shape index (κ1) is 24.2. The average molecular weight is 457 g/mol. The van der Waals surface area contributed by atoms with E-state index in [9.17, 15) is 14.4 Å². The smallest absolute Gasteiger partial charge is 0.305 e. The van der Waals surface area contributed by atoms with Crippen molar-refractivity contribution in [1.82, 2.24) is 9.47 Å². The predicted octanol–water partition coefficient (Wildman–Crippen LogP) is 4.46. The van der Waals surface area contributed by atoms with Crippen molar-refractivity contribution in [1.29, 1.82) is 0 Å². The minimum absolute atomic E-state index is 0.0445. The molecule has 3 aliphatic rings. The van der Waals surface area contributed by atoms with Crippen LogP contribution in [0, 0.1) is 17.3 Å². The third-order valence-corrected chi connectivity index (χ3v) is 8.07. The molecule has 6 heteroatoms. The molecule has 0 N–H and O–H groups in total. The maximum absolute atomic E-state index is 13.9. The summed E-state index contributed by atoms with van der Waals surface area (Å²) >= 11 is 0. The van der Waals surface area contributed by atoms with Crippen LogP contribution in [-0.2, 0) is 28.8 Å². The lowest BCUT2D eigenvalue weighted by molar-refractivity contribution is -0.144. The van der Waals surface area contributed by atoms with Gasteiger partial charge in [-0.2, -0.15) is 0 Å². The minimum atomic E-state index is -0.667. The molecule has 33 heavy (non-hydrogen) atoms. The van der Waals surface area contributed by atoms with Crippen molar-refractivity contribution in [3.05, 3.63) is 22.5 Å². The Bertz CT molecular complexity index is 929. The Kier molecular flexibility index (Phi) is 7.13. The van der Waals surface area contributed by atoms with Gasteiger partial charge >= 0.3 is 5.97 Å². The summed E-state index contributed by atoms with van der Waals surface area (Å²) in [6.45, 7) is 8.08. The number of carbonyl (C=O) groups is 3. The first-order chi connectivity index (χ1) is 15.7. The molecule has 0 aromatic carbocycles. The number of ketones is 1. The maximum atomic E-state index is 13.9. The van der Waals surface area contributed by atoms with E-state index in [1.807, 2.05) is 18.4 Å². The van der Waals surface area contributed by atoms with Crippen LogP contribution < -0.4 is 0 Å². The van der Waals surface area contributed by atoms with Gasteiger partial charge < -0.3 is 9.64 Å². The average Bonchev–Trinajstić information content (AvgIpc) is 3.34. The van der Waals surface area contributed by atoms with Gasteiger partial charge in [0, 0.05) is 41.2 Å². The van der Waals surface area contributed by atoms with E-state index < -0.39 is 5.41 Å². The molecule has 182 valence electrons. The zero-order chi connectivity index (χ0) is 23.8. The summed E-state index contributed by atoms with van der Waals surface area (Å²) in [5, 5.41) is 0. The molecule has 0 amide bonds. The molecular formula is C27H40N2O4. The number of esters is 1. The topological polar surface area (TPSA) is 68.6 Å². The molecule has 0 saturated carbocycles. The van der Waals surface area contributed by atoms with Gasteiger partial charge in [-0.05, 0) is 70.0 Å². The molecular weight excluding hydrogens is 416 g/mol. The van der Waals surface area contributed by atoms with Crippen LogP contribution in [0.3, 0.4) is 0 Å². The molecule has 4 rings (SSSR count). The highest BCUT2D eigenvalue weighted by molar-refractivity contribution is 6.04. The number of fused-ring (bicyclic) bond motifs is 4. The Labute approximate surface area is 198 Å². The zero-order valence-electron chi connectivity index (χ0n) is 20.9. The summed E-state index contributed by atoms with van der Waals surface area (Å²) in [6, 6.07) is 0. The Morgan fingerprint density at radius 2 is 1.94 bits per heavy atom. The second kappa shape index (κ2) is 9.73. The SMILES string of the molecule is CCCCCC(=O)OCCC(C)(C)C(=O)n1c2c(c3c1C[C@H]1CCN(C)C[C@@H]1C3=O)CCC2. The summed E-state index contributed by atoms with van der Waals surface area (Å²) in [7, 11) is 2.09. The van der Waals surface area contributed by atoms with Crippen molar-refractivity contribution in [2.75, 3.05) is 26.7 Å². The summed E-state index contributed by atoms with van der Waals surface area (Å²) in [6.07, 6.45) is 8.47. The van der Waals surface area contributed by atoms with Gasteiger partial charge in [0.2, 0.25) is 5.91 Å². The molecule has 0 bridgehead atoms. The molecule has 2 heterocycles. The molecule has 1 aromatic rings. The monoisotopic (exact) mass is 456 g/mol. The normalized spacial score (nSPS) is 22.6. The van der Waals surface area contributed by atoms with Crippen LogP contribution in [0.4, 0.5) is 0 Å². The van der Waals surface area contributed by atoms with Crippen LogP contribution in [0.2, 0.25) is 0 Å². The number of aromatic nitrogens is 1. The van der Waals surface area contributed by atoms with Crippen LogP contribution in [0.25, 0.3) is 0 Å². The van der Waals surface area contributed by atoms with E-state index in [0.29, 0.717) is 18.8 Å². The molecule has 1 aromatic heterocycles. The number of ether oxygens (including phenoxy) is 1. The maximum Gasteiger partial charge on any atom is 0.305 e. The molecule has 1 saturated heterocycles. The fourth-order valence-corrected chi connectivity index (χ4v) is 5.98. The largest absolute Gasteiger partial charge is 0.466 e. The van der Waals surface area contributed by atoms with E-state index in [1.54, 1.807) is 0 Å². The number of hydrogen-bond donors (Lipinski definition) is 0. The first-order valence-electron chi connectivity index (χ1n) is 12.9. The van der Waals surface area contributed by atoms with Gasteiger partial charge in [0.15, 0.2) is 5.78 Å². The number of hydrogen-bond acceptors (Lipinski definition) is 5. The summed E-state index contributed by atoms with van der Waals surface area (Å²) in [4.78, 5) is 41.7. The Morgan fingerprint density at radius 3 is 2.70 bits per heavy atom. The van der Waals surface area contributed by atoms with E-state index in [0.717, 1.165) is 87.0 Å². The Hall–Kier alpha value is -1.95. The van der Waals surface area contributed by atoms with Crippen molar-refractivity contribution < 1.29 is 19.1 Å². The van der Waals surface area contributed by atoms with Crippen LogP contribution >= 0.6 is 0 Å². The molecule has 1 fully saturated rings. The number of likely N-dealkylation sites (tertiary alicyclic amines) is 1. The van der Waals surface area contributed by atoms with Gasteiger partial charge in [-0.25, -0.2) is 0 Å². The number of carbonyl (C=O) groups excluding carboxylic acids is 3. The molecule has 0 unspecified atom stereocenters. The van der Waals surface area contributed by atoms with E-state index >= 15 is 0 Å². The lowest BCUT2D eigenvalue weighted by Crippen LogP contribution is -2.46. The molecule has 1 aliphatic heterocycles. The fraction of sp³-hybridized carbons (Fsp3) is 0.741. The third kappa shape index (κ3) is 4.68. The molecule has 0 radical (unpaired) electrons. The van der Waals surface area contributed by atoms with Gasteiger partial charge in [0.05, 0.1) is 6.61 Å². The van der Waals surface area contributed by atoms with Crippen molar-refractivity contribution >= 4 is 17.7 Å². The summed E-state index contributed by atoms with van der Waals surface area (Å²) < 4.78 is 7.36. The Balaban J connectivity index is 1.53. The van der Waals surface area contributed by atoms with Gasteiger partial charge in [-0.1, -0.05) is 33.6 Å². The van der Waals surface area contributed by atoms with E-state index in [-0.39, 0.29) is 30.2 Å². The Morgan fingerprint density at radius 1 is 1.15 bits per heavy atom. The molecule has 6 nitrogen and oxygen atoms in total. The van der Waals surface area contributed by atoms with E-state index in [2.05, 4.69) is 18.9 Å². The van der Waals surface area contributed by atoms with Crippen molar-refractivity contribution in [2.45, 2.75) is 85.0 Å². The summed E-state index contributed by atoms with van der Waals surface area (Å²) in [5.74, 6) is 0.520. The molecule has 0 spiro atoms. The highest BCUT2D eigenvalue weighted by Gasteiger charge is 2.45. The van der Waals surface area contributed by atoms with Gasteiger partial charge in [-0.15, -0.1) is 0 Å². The number of piperidine rings is 1. The lowest BCUT2D eigenvalue weighted by Gasteiger charge is -2.39. The number of rotatable bonds is 8. The van der Waals surface area contributed by atoms with Crippen LogP contribution in [-0.4, -0.2) is 53.9 Å². The van der Waals surface area contributed by atoms with Crippen LogP contribution in [0.15, 0.2) is 0 Å². The van der Waals surface area contributed by atoms with E-state index in [4.69, 9.17) is 4.74 Å². The first-order valence-corrected chi connectivity index (χ1v) is 12.9. The highest BCUT2D eigenvalue weighted by atomic mass is 16.5. The summed E-state index contributed by atoms with van der Waals surface area (Å²) in [5.41, 5.74) is 3.36. The van der Waals surface area contributed by atoms with Gasteiger partial charge in [0.25, 0.3) is 0 Å². The standard InChI is InChI=1S/C27H40N2O4/c1-5-6-7-11-23(30)33-15-13-27(2,3)26(32)29-21-10-8-9-19(21)24-22(29)16-18-12-14-28(4)17-20(18)25(24)31/h18,20H,5-17H2,1-4H3/t18-,20+/m1/s1. The molecule has 2 aliphatic carbocycles. The van der Waals surface area contributed by atoms with Crippen LogP contribution in [0.5, 0.6) is 0 Å². The fourth-order valence-electron chi connectivity index (χ4n) is 5.98. The minimum Gasteiger partial charge on any atom is -0.466 e. The zero-order valence-corrected chi connectivity index (χ0v) is 20.9. The van der Waals surface area contributed by atoms with Crippen molar-refractivity contribution in [3.8, 4) is 0 Å². The highest BCUT2D eigenvalue weighted by Crippen LogP contribution is 2.43. The van der Waals surface area contributed by atoms with Gasteiger partial charge in [-0.3, -0.25) is 19.0 Å². The quantitative estimate of drug-likeness (QED) is 0.427. The van der Waals surface area contributed by atoms with E-state index in [1.165, 1.54) is 0 Å². The lowest BCUT2D eigenvalue weighted by atomic mass is 9.72. The van der Waals surface area contributed by atoms with Crippen LogP contribution in [0.1, 0.15) is 97.8 Å². The second-order valence-corrected chi connectivity index (χ2v) is 11.0. The third-order valence-electron chi connectivity index (χ3n) is 8.07. The van der Waals surface area contributed by atoms with Crippen molar-refractivity contribution in [2.24, 2.45) is 17.3 Å². The number of Topliss-reactive ketones (excluding diaryl/α,β-unsaturated/α-hetero) is 1. The number of nitrogens with zero attached hydrogens (tertiary/aromatic N) is 2. The molecule has 2 atom stereocenters. The second-order valence-electron chi connectivity index (χ2n) is 11.0. The number of unbranched alkanes of at least 4 members (excludes halogenated alkanes) is 2. The van der Waals surface area contributed by atoms with Crippen molar-refractivity contribution in [3.63, 3.8) is 0 Å².